The van der Waals surface area contributed by atoms with Crippen LogP contribution in [-0.2, 0) is 26.0 Å². The van der Waals surface area contributed by atoms with Crippen LogP contribution in [0.3, 0.4) is 0 Å². The van der Waals surface area contributed by atoms with Crippen LogP contribution < -0.4 is 5.14 Å². The molecule has 0 unspecified atom stereocenters. The van der Waals surface area contributed by atoms with Crippen LogP contribution in [-0.4, -0.2) is 26.5 Å². The fraction of sp³-hybridized carbons (Fsp3) is 0.0769. The lowest BCUT2D eigenvalue weighted by Crippen LogP contribution is -2.13. The third-order valence-electron chi connectivity index (χ3n) is 4.96. The van der Waals surface area contributed by atoms with E-state index in [4.69, 9.17) is 9.56 Å². The largest absolute Gasteiger partial charge is 0.459 e. The summed E-state index contributed by atoms with van der Waals surface area (Å²) in [5.41, 5.74) is 3.21. The van der Waals surface area contributed by atoms with E-state index in [0.717, 1.165) is 11.1 Å². The van der Waals surface area contributed by atoms with Crippen LogP contribution in [0.15, 0.2) is 88.2 Å². The second-order valence-electron chi connectivity index (χ2n) is 7.31. The van der Waals surface area contributed by atoms with Crippen LogP contribution >= 0.6 is 0 Å². The Hall–Kier alpha value is -4.19. The molecule has 0 atom stereocenters. The van der Waals surface area contributed by atoms with Gasteiger partial charge in [0.1, 0.15) is 5.69 Å². The number of methoxy groups -OCH3 is 1. The number of sulfonamides is 1. The maximum Gasteiger partial charge on any atom is 0.384 e. The van der Waals surface area contributed by atoms with Crippen molar-refractivity contribution in [3.63, 3.8) is 0 Å². The van der Waals surface area contributed by atoms with E-state index in [9.17, 15) is 13.2 Å². The second-order valence-corrected chi connectivity index (χ2v) is 8.84. The number of hydrogen-bond donors (Lipinski definition) is 1. The molecule has 0 saturated carbocycles. The number of carbonyl (C=O) groups is 1. The summed E-state index contributed by atoms with van der Waals surface area (Å²) >= 11 is 0. The molecule has 0 amide bonds. The zero-order chi connectivity index (χ0) is 24.1. The Morgan fingerprint density at radius 2 is 1.68 bits per heavy atom. The van der Waals surface area contributed by atoms with Gasteiger partial charge in [0, 0.05) is 29.0 Å². The molecule has 4 rings (SSSR count). The number of aromatic nitrogens is 1. The summed E-state index contributed by atoms with van der Waals surface area (Å²) in [6.07, 6.45) is 0.363. The average molecular weight is 473 g/mol. The summed E-state index contributed by atoms with van der Waals surface area (Å²) in [5.74, 6) is 5.24. The fourth-order valence-electron chi connectivity index (χ4n) is 3.37. The van der Waals surface area contributed by atoms with E-state index < -0.39 is 16.0 Å². The highest BCUT2D eigenvalue weighted by molar-refractivity contribution is 7.89. The SMILES string of the molecule is COC(=O)C#Cc1ccc(Cc2nc(-c3ccccc3)c(-c3ccccc3S(N)(=O)=O)o2)cc1. The van der Waals surface area contributed by atoms with Gasteiger partial charge in [0.25, 0.3) is 0 Å². The van der Waals surface area contributed by atoms with E-state index in [1.54, 1.807) is 30.3 Å². The van der Waals surface area contributed by atoms with E-state index in [1.807, 2.05) is 42.5 Å². The van der Waals surface area contributed by atoms with Gasteiger partial charge in [-0.3, -0.25) is 0 Å². The number of oxazole rings is 1. The maximum atomic E-state index is 12.2. The van der Waals surface area contributed by atoms with E-state index in [2.05, 4.69) is 21.6 Å². The predicted octanol–water partition coefficient (Wildman–Crippen LogP) is 3.77. The molecule has 1 heterocycles. The lowest BCUT2D eigenvalue weighted by atomic mass is 10.1. The van der Waals surface area contributed by atoms with E-state index >= 15 is 0 Å². The summed E-state index contributed by atoms with van der Waals surface area (Å²) in [7, 11) is -2.71. The van der Waals surface area contributed by atoms with Gasteiger partial charge in [-0.2, -0.15) is 0 Å². The Kier molecular flexibility index (Phi) is 6.59. The minimum Gasteiger partial charge on any atom is -0.459 e. The lowest BCUT2D eigenvalue weighted by Gasteiger charge is -2.06. The molecule has 0 saturated heterocycles. The first-order valence-electron chi connectivity index (χ1n) is 10.2. The Labute approximate surface area is 197 Å². The third-order valence-corrected chi connectivity index (χ3v) is 5.93. The number of benzene rings is 3. The second kappa shape index (κ2) is 9.75. The standard InChI is InChI=1S/C26H20N2O5S/c1-32-24(29)16-15-18-11-13-19(14-12-18)17-23-28-25(20-7-3-2-4-8-20)26(33-23)21-9-5-6-10-22(21)34(27,30)31/h2-14H,17H2,1H3,(H2,27,30,31). The molecule has 2 N–H and O–H groups in total. The van der Waals surface area contributed by atoms with Crippen LogP contribution in [0, 0.1) is 11.8 Å². The number of ether oxygens (including phenoxy) is 1. The minimum atomic E-state index is -3.98. The van der Waals surface area contributed by atoms with E-state index in [-0.39, 0.29) is 4.90 Å². The Morgan fingerprint density at radius 3 is 2.35 bits per heavy atom. The molecule has 0 bridgehead atoms. The fourth-order valence-corrected chi connectivity index (χ4v) is 4.11. The number of carbonyl (C=O) groups excluding carboxylic acids is 1. The molecule has 7 nitrogen and oxygen atoms in total. The number of rotatable bonds is 5. The van der Waals surface area contributed by atoms with Crippen LogP contribution in [0.5, 0.6) is 0 Å². The van der Waals surface area contributed by atoms with Crippen LogP contribution in [0.1, 0.15) is 17.0 Å². The highest BCUT2D eigenvalue weighted by atomic mass is 32.2. The molecule has 3 aromatic carbocycles. The normalized spacial score (nSPS) is 10.9. The van der Waals surface area contributed by atoms with Crippen molar-refractivity contribution < 1.29 is 22.4 Å². The summed E-state index contributed by atoms with van der Waals surface area (Å²) < 4.78 is 35.0. The summed E-state index contributed by atoms with van der Waals surface area (Å²) in [4.78, 5) is 15.8. The number of primary sulfonamides is 1. The van der Waals surface area contributed by atoms with Gasteiger partial charge in [0.2, 0.25) is 10.0 Å². The lowest BCUT2D eigenvalue weighted by molar-refractivity contribution is -0.133. The van der Waals surface area contributed by atoms with Crippen LogP contribution in [0.25, 0.3) is 22.6 Å². The van der Waals surface area contributed by atoms with Crippen molar-refractivity contribution in [3.05, 3.63) is 95.9 Å². The third kappa shape index (κ3) is 5.23. The van der Waals surface area contributed by atoms with Gasteiger partial charge in [-0.15, -0.1) is 0 Å². The highest BCUT2D eigenvalue weighted by Crippen LogP contribution is 2.36. The van der Waals surface area contributed by atoms with Crippen molar-refractivity contribution in [2.45, 2.75) is 11.3 Å². The number of esters is 1. The Bertz CT molecular complexity index is 1500. The first-order chi connectivity index (χ1) is 16.3. The van der Waals surface area contributed by atoms with Crippen LogP contribution in [0.4, 0.5) is 0 Å². The van der Waals surface area contributed by atoms with Crippen LogP contribution in [0.2, 0.25) is 0 Å². The van der Waals surface area contributed by atoms with Crippen molar-refractivity contribution in [3.8, 4) is 34.4 Å². The van der Waals surface area contributed by atoms with Gasteiger partial charge in [-0.1, -0.05) is 60.5 Å². The first kappa shape index (κ1) is 23.0. The van der Waals surface area contributed by atoms with Crippen molar-refractivity contribution in [1.82, 2.24) is 4.98 Å². The minimum absolute atomic E-state index is 0.0385. The maximum absolute atomic E-state index is 12.2. The molecule has 34 heavy (non-hydrogen) atoms. The molecule has 0 fully saturated rings. The van der Waals surface area contributed by atoms with Crippen molar-refractivity contribution >= 4 is 16.0 Å². The molecule has 0 aliphatic rings. The van der Waals surface area contributed by atoms with Crippen molar-refractivity contribution in [1.29, 1.82) is 0 Å². The predicted molar refractivity (Wildman–Crippen MR) is 127 cm³/mol. The van der Waals surface area contributed by atoms with Gasteiger partial charge in [-0.25, -0.2) is 23.3 Å². The molecular formula is C26H20N2O5S. The molecule has 4 aromatic rings. The zero-order valence-corrected chi connectivity index (χ0v) is 19.0. The number of hydrogen-bond acceptors (Lipinski definition) is 6. The summed E-state index contributed by atoms with van der Waals surface area (Å²) in [6.45, 7) is 0. The topological polar surface area (TPSA) is 112 Å². The zero-order valence-electron chi connectivity index (χ0n) is 18.2. The highest BCUT2D eigenvalue weighted by Gasteiger charge is 2.23. The first-order valence-corrected chi connectivity index (χ1v) is 11.8. The average Bonchev–Trinajstić information content (AvgIpc) is 3.27. The van der Waals surface area contributed by atoms with Gasteiger partial charge >= 0.3 is 5.97 Å². The molecule has 0 radical (unpaired) electrons. The summed E-state index contributed by atoms with van der Waals surface area (Å²) in [5, 5.41) is 5.45. The Morgan fingerprint density at radius 1 is 1.00 bits per heavy atom. The molecule has 0 aliphatic heterocycles. The quantitative estimate of drug-likeness (QED) is 0.350. The smallest absolute Gasteiger partial charge is 0.384 e. The van der Waals surface area contributed by atoms with Gasteiger partial charge in [0.15, 0.2) is 11.7 Å². The van der Waals surface area contributed by atoms with Gasteiger partial charge in [0.05, 0.1) is 12.0 Å². The molecule has 1 aromatic heterocycles. The molecule has 0 spiro atoms. The number of nitrogens with two attached hydrogens (primary N) is 1. The molecular weight excluding hydrogens is 452 g/mol. The van der Waals surface area contributed by atoms with E-state index in [1.165, 1.54) is 13.2 Å². The van der Waals surface area contributed by atoms with E-state index in [0.29, 0.717) is 34.9 Å². The van der Waals surface area contributed by atoms with Crippen molar-refractivity contribution in [2.75, 3.05) is 7.11 Å². The van der Waals surface area contributed by atoms with Crippen molar-refractivity contribution in [2.24, 2.45) is 5.14 Å². The summed E-state index contributed by atoms with van der Waals surface area (Å²) in [6, 6.07) is 23.0. The molecule has 170 valence electrons. The van der Waals surface area contributed by atoms with Gasteiger partial charge in [-0.05, 0) is 29.8 Å². The Balaban J connectivity index is 1.73. The van der Waals surface area contributed by atoms with Gasteiger partial charge < -0.3 is 9.15 Å². The number of nitrogens with zero attached hydrogens (tertiary/aromatic N) is 1. The molecule has 8 heteroatoms. The monoisotopic (exact) mass is 472 g/mol. The molecule has 0 aliphatic carbocycles.